The van der Waals surface area contributed by atoms with Crippen molar-refractivity contribution in [2.75, 3.05) is 6.61 Å². The molecule has 0 rings (SSSR count). The molecule has 0 aromatic carbocycles. The monoisotopic (exact) mass is 217 g/mol. The standard InChI is InChI=1S/C10H19NO4/c1-4-5-8(10(13)14)11-9(12)6-15-7(2)3/h7-8H,4-6H2,1-3H3,(H,11,12)(H,13,14)/t8-/m1/s1. The van der Waals surface area contributed by atoms with E-state index in [9.17, 15) is 9.59 Å². The number of rotatable bonds is 7. The van der Waals surface area contributed by atoms with Crippen molar-refractivity contribution in [3.8, 4) is 0 Å². The lowest BCUT2D eigenvalue weighted by molar-refractivity contribution is -0.143. The second-order valence-electron chi connectivity index (χ2n) is 3.61. The molecule has 0 saturated heterocycles. The fourth-order valence-electron chi connectivity index (χ4n) is 1.02. The molecule has 15 heavy (non-hydrogen) atoms. The second-order valence-corrected chi connectivity index (χ2v) is 3.61. The van der Waals surface area contributed by atoms with Crippen LogP contribution >= 0.6 is 0 Å². The summed E-state index contributed by atoms with van der Waals surface area (Å²) in [4.78, 5) is 21.9. The first-order valence-corrected chi connectivity index (χ1v) is 5.11. The molecule has 0 aliphatic carbocycles. The first-order valence-electron chi connectivity index (χ1n) is 5.11. The van der Waals surface area contributed by atoms with Gasteiger partial charge in [0.15, 0.2) is 0 Å². The number of hydrogen-bond donors (Lipinski definition) is 2. The van der Waals surface area contributed by atoms with Gasteiger partial charge in [0, 0.05) is 0 Å². The number of amides is 1. The summed E-state index contributed by atoms with van der Waals surface area (Å²) in [6, 6.07) is -0.807. The highest BCUT2D eigenvalue weighted by Crippen LogP contribution is 1.97. The minimum absolute atomic E-state index is 0.0368. The second kappa shape index (κ2) is 7.23. The third kappa shape index (κ3) is 6.90. The topological polar surface area (TPSA) is 75.6 Å². The van der Waals surface area contributed by atoms with Crippen molar-refractivity contribution in [2.24, 2.45) is 0 Å². The molecule has 0 bridgehead atoms. The number of carbonyl (C=O) groups is 2. The van der Waals surface area contributed by atoms with Gasteiger partial charge >= 0.3 is 5.97 Å². The maximum atomic E-state index is 11.2. The molecule has 0 fully saturated rings. The van der Waals surface area contributed by atoms with Gasteiger partial charge in [0.05, 0.1) is 6.10 Å². The number of aliphatic carboxylic acids is 1. The minimum Gasteiger partial charge on any atom is -0.480 e. The molecular formula is C10H19NO4. The van der Waals surface area contributed by atoms with Gasteiger partial charge in [-0.05, 0) is 20.3 Å². The molecule has 1 atom stereocenters. The van der Waals surface area contributed by atoms with Gasteiger partial charge in [0.25, 0.3) is 0 Å². The number of carboxylic acids is 1. The molecule has 0 heterocycles. The molecule has 0 aromatic rings. The van der Waals surface area contributed by atoms with Gasteiger partial charge < -0.3 is 15.2 Å². The van der Waals surface area contributed by atoms with E-state index in [-0.39, 0.29) is 18.6 Å². The molecule has 0 aliphatic heterocycles. The van der Waals surface area contributed by atoms with Crippen LogP contribution in [0.3, 0.4) is 0 Å². The molecule has 2 N–H and O–H groups in total. The SMILES string of the molecule is CCC[C@@H](NC(=O)COC(C)C)C(=O)O. The smallest absolute Gasteiger partial charge is 0.326 e. The third-order valence-electron chi connectivity index (χ3n) is 1.76. The Labute approximate surface area is 89.8 Å². The average Bonchev–Trinajstić information content (AvgIpc) is 2.14. The Balaban J connectivity index is 3.94. The number of carboxylic acid groups (broad SMARTS) is 1. The normalized spacial score (nSPS) is 12.5. The number of carbonyl (C=O) groups excluding carboxylic acids is 1. The highest BCUT2D eigenvalue weighted by Gasteiger charge is 2.18. The molecule has 0 aromatic heterocycles. The summed E-state index contributed by atoms with van der Waals surface area (Å²) >= 11 is 0. The zero-order valence-corrected chi connectivity index (χ0v) is 9.45. The van der Waals surface area contributed by atoms with Gasteiger partial charge in [-0.1, -0.05) is 13.3 Å². The molecule has 0 aliphatic rings. The Hall–Kier alpha value is -1.10. The maximum absolute atomic E-state index is 11.2. The zero-order valence-electron chi connectivity index (χ0n) is 9.45. The van der Waals surface area contributed by atoms with Crippen LogP contribution in [0.1, 0.15) is 33.6 Å². The van der Waals surface area contributed by atoms with Crippen LogP contribution in [0.2, 0.25) is 0 Å². The van der Waals surface area contributed by atoms with Gasteiger partial charge in [0.2, 0.25) is 5.91 Å². The van der Waals surface area contributed by atoms with E-state index in [1.807, 2.05) is 20.8 Å². The molecule has 1 amide bonds. The van der Waals surface area contributed by atoms with Crippen LogP contribution in [-0.4, -0.2) is 35.7 Å². The van der Waals surface area contributed by atoms with Gasteiger partial charge in [-0.2, -0.15) is 0 Å². The fraction of sp³-hybridized carbons (Fsp3) is 0.800. The van der Waals surface area contributed by atoms with Crippen LogP contribution in [0.15, 0.2) is 0 Å². The van der Waals surface area contributed by atoms with E-state index in [1.54, 1.807) is 0 Å². The Bertz CT molecular complexity index is 215. The summed E-state index contributed by atoms with van der Waals surface area (Å²) in [5, 5.41) is 11.2. The summed E-state index contributed by atoms with van der Waals surface area (Å²) in [6.07, 6.45) is 1.11. The molecule has 5 nitrogen and oxygen atoms in total. The molecule has 0 unspecified atom stereocenters. The first kappa shape index (κ1) is 13.9. The van der Waals surface area contributed by atoms with E-state index in [1.165, 1.54) is 0 Å². The Morgan fingerprint density at radius 2 is 2.00 bits per heavy atom. The molecule has 0 spiro atoms. The van der Waals surface area contributed by atoms with Gasteiger partial charge in [-0.25, -0.2) is 4.79 Å². The van der Waals surface area contributed by atoms with Crippen LogP contribution in [0.5, 0.6) is 0 Å². The molecule has 0 radical (unpaired) electrons. The van der Waals surface area contributed by atoms with Crippen molar-refractivity contribution in [1.82, 2.24) is 5.32 Å². The van der Waals surface area contributed by atoms with Crippen molar-refractivity contribution in [2.45, 2.75) is 45.8 Å². The minimum atomic E-state index is -1.00. The Kier molecular flexibility index (Phi) is 6.70. The van der Waals surface area contributed by atoms with Crippen LogP contribution in [0.4, 0.5) is 0 Å². The fourth-order valence-corrected chi connectivity index (χ4v) is 1.02. The van der Waals surface area contributed by atoms with Crippen molar-refractivity contribution >= 4 is 11.9 Å². The third-order valence-corrected chi connectivity index (χ3v) is 1.76. The zero-order chi connectivity index (χ0) is 11.8. The van der Waals surface area contributed by atoms with Crippen molar-refractivity contribution in [1.29, 1.82) is 0 Å². The number of hydrogen-bond acceptors (Lipinski definition) is 3. The van der Waals surface area contributed by atoms with E-state index in [0.29, 0.717) is 12.8 Å². The summed E-state index contributed by atoms with van der Waals surface area (Å²) in [5.41, 5.74) is 0. The van der Waals surface area contributed by atoms with Crippen LogP contribution < -0.4 is 5.32 Å². The first-order chi connectivity index (χ1) is 6.97. The predicted molar refractivity (Wildman–Crippen MR) is 55.6 cm³/mol. The highest BCUT2D eigenvalue weighted by molar-refractivity contribution is 5.84. The van der Waals surface area contributed by atoms with E-state index in [4.69, 9.17) is 9.84 Å². The molecule has 0 saturated carbocycles. The van der Waals surface area contributed by atoms with Crippen LogP contribution in [0.25, 0.3) is 0 Å². The van der Waals surface area contributed by atoms with E-state index in [0.717, 1.165) is 0 Å². The summed E-state index contributed by atoms with van der Waals surface area (Å²) < 4.78 is 5.06. The molecule has 88 valence electrons. The average molecular weight is 217 g/mol. The molecular weight excluding hydrogens is 198 g/mol. The van der Waals surface area contributed by atoms with Crippen molar-refractivity contribution in [3.05, 3.63) is 0 Å². The number of nitrogens with one attached hydrogen (secondary N) is 1. The number of ether oxygens (including phenoxy) is 1. The van der Waals surface area contributed by atoms with E-state index in [2.05, 4.69) is 5.32 Å². The van der Waals surface area contributed by atoms with Crippen LogP contribution in [0, 0.1) is 0 Å². The van der Waals surface area contributed by atoms with Crippen LogP contribution in [-0.2, 0) is 14.3 Å². The van der Waals surface area contributed by atoms with Gasteiger partial charge in [0.1, 0.15) is 12.6 Å². The van der Waals surface area contributed by atoms with Crippen molar-refractivity contribution in [3.63, 3.8) is 0 Å². The maximum Gasteiger partial charge on any atom is 0.326 e. The Morgan fingerprint density at radius 3 is 2.40 bits per heavy atom. The summed E-state index contributed by atoms with van der Waals surface area (Å²) in [7, 11) is 0. The van der Waals surface area contributed by atoms with Gasteiger partial charge in [-0.15, -0.1) is 0 Å². The lowest BCUT2D eigenvalue weighted by Crippen LogP contribution is -2.42. The summed E-state index contributed by atoms with van der Waals surface area (Å²) in [6.45, 7) is 5.40. The van der Waals surface area contributed by atoms with E-state index < -0.39 is 12.0 Å². The summed E-state index contributed by atoms with van der Waals surface area (Å²) in [5.74, 6) is -1.39. The highest BCUT2D eigenvalue weighted by atomic mass is 16.5. The lowest BCUT2D eigenvalue weighted by Gasteiger charge is -2.14. The lowest BCUT2D eigenvalue weighted by atomic mass is 10.2. The quantitative estimate of drug-likeness (QED) is 0.660. The Morgan fingerprint density at radius 1 is 1.40 bits per heavy atom. The predicted octanol–water partition coefficient (Wildman–Crippen LogP) is 0.781. The van der Waals surface area contributed by atoms with Crippen molar-refractivity contribution < 1.29 is 19.4 Å². The van der Waals surface area contributed by atoms with Gasteiger partial charge in [-0.3, -0.25) is 4.79 Å². The van der Waals surface area contributed by atoms with E-state index >= 15 is 0 Å². The molecule has 5 heteroatoms. The largest absolute Gasteiger partial charge is 0.480 e.